The molecule has 3 saturated heterocycles. The molecule has 0 radical (unpaired) electrons. The van der Waals surface area contributed by atoms with Crippen molar-refractivity contribution in [2.45, 2.75) is 69.2 Å². The minimum Gasteiger partial charge on any atom is -0.375 e. The first-order valence-corrected chi connectivity index (χ1v) is 8.86. The standard InChI is InChI=1S/C19H26O4/c1-19-11-6-12-20-17(19)10-5-9-15-16(23-19)13-21-18(22-15)14-7-3-2-4-8-14/h2-4,7-8,15-18H,5-6,9-13H2,1H3/t15-,16+,17-,18-,19+/m1/s1. The molecule has 3 fully saturated rings. The summed E-state index contributed by atoms with van der Waals surface area (Å²) in [6, 6.07) is 10.2. The summed E-state index contributed by atoms with van der Waals surface area (Å²) in [6.45, 7) is 3.65. The second-order valence-corrected chi connectivity index (χ2v) is 7.11. The third-order valence-corrected chi connectivity index (χ3v) is 5.39. The Kier molecular flexibility index (Phi) is 4.41. The van der Waals surface area contributed by atoms with Crippen LogP contribution in [0, 0.1) is 0 Å². The second-order valence-electron chi connectivity index (χ2n) is 7.11. The van der Waals surface area contributed by atoms with Crippen molar-refractivity contribution >= 4 is 0 Å². The van der Waals surface area contributed by atoms with Crippen LogP contribution in [-0.4, -0.2) is 37.1 Å². The van der Waals surface area contributed by atoms with Crippen LogP contribution in [0.3, 0.4) is 0 Å². The average Bonchev–Trinajstić information content (AvgIpc) is 2.57. The molecule has 4 nitrogen and oxygen atoms in total. The summed E-state index contributed by atoms with van der Waals surface area (Å²) >= 11 is 0. The molecule has 3 aliphatic rings. The van der Waals surface area contributed by atoms with Crippen LogP contribution < -0.4 is 0 Å². The molecule has 1 aromatic carbocycles. The van der Waals surface area contributed by atoms with E-state index in [0.29, 0.717) is 6.61 Å². The van der Waals surface area contributed by atoms with E-state index in [-0.39, 0.29) is 30.2 Å². The van der Waals surface area contributed by atoms with Gasteiger partial charge in [-0.25, -0.2) is 0 Å². The Balaban J connectivity index is 1.48. The zero-order valence-corrected chi connectivity index (χ0v) is 13.8. The summed E-state index contributed by atoms with van der Waals surface area (Å²) in [5, 5.41) is 0. The van der Waals surface area contributed by atoms with Crippen molar-refractivity contribution in [3.63, 3.8) is 0 Å². The summed E-state index contributed by atoms with van der Waals surface area (Å²) < 4.78 is 24.7. The molecule has 0 aliphatic carbocycles. The summed E-state index contributed by atoms with van der Waals surface area (Å²) in [6.07, 6.45) is 5.36. The Morgan fingerprint density at radius 3 is 2.74 bits per heavy atom. The number of hydrogen-bond acceptors (Lipinski definition) is 4. The Labute approximate surface area is 138 Å². The topological polar surface area (TPSA) is 36.9 Å². The summed E-state index contributed by atoms with van der Waals surface area (Å²) in [7, 11) is 0. The van der Waals surface area contributed by atoms with Gasteiger partial charge < -0.3 is 18.9 Å². The van der Waals surface area contributed by atoms with Crippen LogP contribution in [0.4, 0.5) is 0 Å². The van der Waals surface area contributed by atoms with E-state index in [2.05, 4.69) is 19.1 Å². The lowest BCUT2D eigenvalue weighted by Crippen LogP contribution is -2.55. The van der Waals surface area contributed by atoms with Crippen molar-refractivity contribution in [3.05, 3.63) is 35.9 Å². The number of benzene rings is 1. The zero-order chi connectivity index (χ0) is 15.7. The maximum absolute atomic E-state index is 6.50. The van der Waals surface area contributed by atoms with E-state index in [4.69, 9.17) is 18.9 Å². The first-order valence-electron chi connectivity index (χ1n) is 8.86. The van der Waals surface area contributed by atoms with Gasteiger partial charge in [0.05, 0.1) is 24.4 Å². The van der Waals surface area contributed by atoms with Crippen LogP contribution in [0.2, 0.25) is 0 Å². The highest BCUT2D eigenvalue weighted by molar-refractivity contribution is 5.16. The Hall–Kier alpha value is -0.940. The van der Waals surface area contributed by atoms with Gasteiger partial charge in [-0.05, 0) is 39.0 Å². The molecular weight excluding hydrogens is 292 g/mol. The first-order chi connectivity index (χ1) is 11.2. The fourth-order valence-electron chi connectivity index (χ4n) is 4.08. The lowest BCUT2D eigenvalue weighted by atomic mass is 9.85. The van der Waals surface area contributed by atoms with Crippen molar-refractivity contribution in [2.75, 3.05) is 13.2 Å². The fraction of sp³-hybridized carbons (Fsp3) is 0.684. The average molecular weight is 318 g/mol. The number of rotatable bonds is 1. The fourth-order valence-corrected chi connectivity index (χ4v) is 4.08. The van der Waals surface area contributed by atoms with E-state index in [1.807, 2.05) is 18.2 Å². The molecule has 5 atom stereocenters. The second kappa shape index (κ2) is 6.52. The molecule has 1 aromatic rings. The van der Waals surface area contributed by atoms with Gasteiger partial charge in [-0.3, -0.25) is 0 Å². The molecule has 126 valence electrons. The molecule has 0 spiro atoms. The third kappa shape index (κ3) is 3.18. The molecule has 4 heteroatoms. The van der Waals surface area contributed by atoms with Crippen LogP contribution in [0.25, 0.3) is 0 Å². The van der Waals surface area contributed by atoms with Crippen molar-refractivity contribution in [1.82, 2.24) is 0 Å². The molecule has 0 amide bonds. The summed E-state index contributed by atoms with van der Waals surface area (Å²) in [5.41, 5.74) is 0.881. The first kappa shape index (κ1) is 15.6. The molecule has 3 heterocycles. The molecule has 3 aliphatic heterocycles. The highest BCUT2D eigenvalue weighted by Crippen LogP contribution is 2.39. The van der Waals surface area contributed by atoms with Gasteiger partial charge in [-0.15, -0.1) is 0 Å². The van der Waals surface area contributed by atoms with Crippen LogP contribution >= 0.6 is 0 Å². The number of fused-ring (bicyclic) bond motifs is 2. The van der Waals surface area contributed by atoms with Crippen molar-refractivity contribution < 1.29 is 18.9 Å². The van der Waals surface area contributed by atoms with Gasteiger partial charge in [0.15, 0.2) is 6.29 Å². The molecular formula is C19H26O4. The molecule has 23 heavy (non-hydrogen) atoms. The van der Waals surface area contributed by atoms with E-state index in [1.54, 1.807) is 0 Å². The SMILES string of the molecule is C[C@]12CCCO[C@@H]1CCC[C@H]1O[C@H](c3ccccc3)OC[C@@H]1O2. The van der Waals surface area contributed by atoms with Gasteiger partial charge in [-0.1, -0.05) is 30.3 Å². The highest BCUT2D eigenvalue weighted by Gasteiger charge is 2.45. The maximum Gasteiger partial charge on any atom is 0.184 e. The predicted octanol–water partition coefficient (Wildman–Crippen LogP) is 3.61. The molecule has 0 N–H and O–H groups in total. The third-order valence-electron chi connectivity index (χ3n) is 5.39. The van der Waals surface area contributed by atoms with Gasteiger partial charge in [0.1, 0.15) is 6.10 Å². The van der Waals surface area contributed by atoms with Gasteiger partial charge in [0, 0.05) is 12.2 Å². The quantitative estimate of drug-likeness (QED) is 0.793. The number of hydrogen-bond donors (Lipinski definition) is 0. The summed E-state index contributed by atoms with van der Waals surface area (Å²) in [4.78, 5) is 0. The monoisotopic (exact) mass is 318 g/mol. The van der Waals surface area contributed by atoms with Crippen LogP contribution in [0.1, 0.15) is 50.9 Å². The molecule has 0 aromatic heterocycles. The van der Waals surface area contributed by atoms with Gasteiger partial charge in [-0.2, -0.15) is 0 Å². The normalized spacial score (nSPS) is 41.3. The summed E-state index contributed by atoms with van der Waals surface area (Å²) in [5.74, 6) is 0. The van der Waals surface area contributed by atoms with Crippen LogP contribution in [0.15, 0.2) is 30.3 Å². The minimum absolute atomic E-state index is 0.00413. The lowest BCUT2D eigenvalue weighted by Gasteiger charge is -2.48. The van der Waals surface area contributed by atoms with E-state index < -0.39 is 0 Å². The number of ether oxygens (including phenoxy) is 4. The van der Waals surface area contributed by atoms with Crippen LogP contribution in [0.5, 0.6) is 0 Å². The minimum atomic E-state index is -0.272. The predicted molar refractivity (Wildman–Crippen MR) is 86.1 cm³/mol. The Morgan fingerprint density at radius 2 is 1.87 bits per heavy atom. The zero-order valence-electron chi connectivity index (χ0n) is 13.8. The maximum atomic E-state index is 6.50. The van der Waals surface area contributed by atoms with E-state index >= 15 is 0 Å². The Morgan fingerprint density at radius 1 is 1.00 bits per heavy atom. The Bertz CT molecular complexity index is 519. The lowest BCUT2D eigenvalue weighted by molar-refractivity contribution is -0.305. The van der Waals surface area contributed by atoms with Gasteiger partial charge in [0.2, 0.25) is 0 Å². The van der Waals surface area contributed by atoms with E-state index in [0.717, 1.165) is 44.3 Å². The molecule has 4 rings (SSSR count). The largest absolute Gasteiger partial charge is 0.375 e. The smallest absolute Gasteiger partial charge is 0.184 e. The van der Waals surface area contributed by atoms with Crippen LogP contribution in [-0.2, 0) is 18.9 Å². The van der Waals surface area contributed by atoms with Crippen molar-refractivity contribution in [3.8, 4) is 0 Å². The highest BCUT2D eigenvalue weighted by atomic mass is 16.7. The molecule has 0 bridgehead atoms. The van der Waals surface area contributed by atoms with Crippen molar-refractivity contribution in [2.24, 2.45) is 0 Å². The van der Waals surface area contributed by atoms with E-state index in [9.17, 15) is 0 Å². The van der Waals surface area contributed by atoms with Gasteiger partial charge in [0.25, 0.3) is 0 Å². The molecule has 0 saturated carbocycles. The van der Waals surface area contributed by atoms with Crippen molar-refractivity contribution in [1.29, 1.82) is 0 Å². The van der Waals surface area contributed by atoms with E-state index in [1.165, 1.54) is 0 Å². The van der Waals surface area contributed by atoms with Gasteiger partial charge >= 0.3 is 0 Å². The molecule has 0 unspecified atom stereocenters.